The first-order valence-electron chi connectivity index (χ1n) is 13.0. The molecule has 1 saturated heterocycles. The van der Waals surface area contributed by atoms with Crippen molar-refractivity contribution in [2.75, 3.05) is 13.1 Å². The lowest BCUT2D eigenvalue weighted by Gasteiger charge is -2.48. The van der Waals surface area contributed by atoms with E-state index in [0.717, 1.165) is 50.8 Å². The summed E-state index contributed by atoms with van der Waals surface area (Å²) < 4.78 is 6.47. The zero-order valence-corrected chi connectivity index (χ0v) is 20.4. The summed E-state index contributed by atoms with van der Waals surface area (Å²) in [6, 6.07) is 16.2. The first-order valence-corrected chi connectivity index (χ1v) is 13.0. The van der Waals surface area contributed by atoms with Gasteiger partial charge in [-0.3, -0.25) is 4.79 Å². The third-order valence-corrected chi connectivity index (χ3v) is 7.67. The molecule has 5 rings (SSSR count). The first kappa shape index (κ1) is 23.7. The Hall–Kier alpha value is -3.06. The summed E-state index contributed by atoms with van der Waals surface area (Å²) in [4.78, 5) is 24.3. The minimum atomic E-state index is -0.526. The van der Waals surface area contributed by atoms with Crippen LogP contribution in [0.1, 0.15) is 61.8 Å². The van der Waals surface area contributed by atoms with Gasteiger partial charge in [-0.05, 0) is 62.3 Å². The molecule has 2 heterocycles. The molecule has 35 heavy (non-hydrogen) atoms. The summed E-state index contributed by atoms with van der Waals surface area (Å²) >= 11 is 0. The van der Waals surface area contributed by atoms with Gasteiger partial charge >= 0.3 is 6.03 Å². The fourth-order valence-electron chi connectivity index (χ4n) is 5.47. The average Bonchev–Trinajstić information content (AvgIpc) is 3.29. The molecule has 1 unspecified atom stereocenters. The zero-order valence-electron chi connectivity index (χ0n) is 20.4. The molecule has 2 aromatic carbocycles. The highest BCUT2D eigenvalue weighted by molar-refractivity contribution is 5.90. The van der Waals surface area contributed by atoms with Crippen LogP contribution in [0.3, 0.4) is 0 Å². The Morgan fingerprint density at radius 1 is 1.17 bits per heavy atom. The molecular formula is C28H36N4O3. The Kier molecular flexibility index (Phi) is 6.95. The monoisotopic (exact) mass is 476 g/mol. The molecule has 0 bridgehead atoms. The number of carbonyl (C=O) groups excluding carboxylic acids is 2. The van der Waals surface area contributed by atoms with E-state index >= 15 is 0 Å². The minimum absolute atomic E-state index is 0.0241. The smallest absolute Gasteiger partial charge is 0.315 e. The van der Waals surface area contributed by atoms with E-state index in [2.05, 4.69) is 58.5 Å². The molecule has 1 saturated carbocycles. The van der Waals surface area contributed by atoms with Gasteiger partial charge < -0.3 is 26.0 Å². The van der Waals surface area contributed by atoms with Crippen molar-refractivity contribution in [2.45, 2.75) is 75.6 Å². The van der Waals surface area contributed by atoms with Crippen molar-refractivity contribution in [1.82, 2.24) is 21.3 Å². The van der Waals surface area contributed by atoms with Crippen molar-refractivity contribution in [2.24, 2.45) is 0 Å². The molecular weight excluding hydrogens is 440 g/mol. The third kappa shape index (κ3) is 5.45. The second kappa shape index (κ2) is 10.3. The molecule has 186 valence electrons. The lowest BCUT2D eigenvalue weighted by Crippen LogP contribution is -2.50. The number of nitrogens with one attached hydrogen (secondary N) is 4. The van der Waals surface area contributed by atoms with Gasteiger partial charge in [-0.25, -0.2) is 4.79 Å². The number of ether oxygens (including phenoxy) is 1. The number of benzene rings is 2. The number of aryl methyl sites for hydroxylation is 1. The summed E-state index contributed by atoms with van der Waals surface area (Å²) in [5.74, 6) is 0.881. The van der Waals surface area contributed by atoms with Crippen LogP contribution in [0.15, 0.2) is 48.5 Å². The van der Waals surface area contributed by atoms with Gasteiger partial charge in [0.15, 0.2) is 0 Å². The van der Waals surface area contributed by atoms with Crippen LogP contribution in [0.2, 0.25) is 0 Å². The number of hydrogen-bond donors (Lipinski definition) is 4. The van der Waals surface area contributed by atoms with Gasteiger partial charge in [0.2, 0.25) is 5.91 Å². The fourth-order valence-corrected chi connectivity index (χ4v) is 5.47. The van der Waals surface area contributed by atoms with Crippen LogP contribution in [0.4, 0.5) is 4.79 Å². The van der Waals surface area contributed by atoms with Gasteiger partial charge in [-0.1, -0.05) is 49.4 Å². The van der Waals surface area contributed by atoms with E-state index in [1.54, 1.807) is 0 Å². The van der Waals surface area contributed by atoms with Crippen LogP contribution in [0, 0.1) is 0 Å². The number of urea groups is 1. The van der Waals surface area contributed by atoms with E-state index in [4.69, 9.17) is 4.74 Å². The van der Waals surface area contributed by atoms with Crippen LogP contribution < -0.4 is 26.0 Å². The normalized spacial score (nSPS) is 22.8. The molecule has 3 amide bonds. The molecule has 1 aliphatic carbocycles. The van der Waals surface area contributed by atoms with Gasteiger partial charge in [-0.2, -0.15) is 0 Å². The van der Waals surface area contributed by atoms with Crippen LogP contribution >= 0.6 is 0 Å². The van der Waals surface area contributed by atoms with Crippen LogP contribution in [-0.4, -0.2) is 42.7 Å². The second-order valence-electron chi connectivity index (χ2n) is 10.2. The largest absolute Gasteiger partial charge is 0.487 e. The lowest BCUT2D eigenvalue weighted by molar-refractivity contribution is -0.123. The van der Waals surface area contributed by atoms with Crippen molar-refractivity contribution in [3.8, 4) is 5.75 Å². The van der Waals surface area contributed by atoms with Crippen LogP contribution in [0.25, 0.3) is 0 Å². The van der Waals surface area contributed by atoms with E-state index in [1.807, 2.05) is 18.2 Å². The third-order valence-electron chi connectivity index (χ3n) is 7.67. The number of fused-ring (bicyclic) bond motifs is 1. The Morgan fingerprint density at radius 2 is 2.00 bits per heavy atom. The highest BCUT2D eigenvalue weighted by atomic mass is 16.5. The van der Waals surface area contributed by atoms with E-state index in [1.165, 1.54) is 23.1 Å². The van der Waals surface area contributed by atoms with Gasteiger partial charge in [0.1, 0.15) is 17.4 Å². The quantitative estimate of drug-likeness (QED) is 0.447. The van der Waals surface area contributed by atoms with Gasteiger partial charge in [0.25, 0.3) is 0 Å². The Bertz CT molecular complexity index is 1050. The van der Waals surface area contributed by atoms with Crippen LogP contribution in [0.5, 0.6) is 5.75 Å². The van der Waals surface area contributed by atoms with Crippen molar-refractivity contribution >= 4 is 11.9 Å². The summed E-state index contributed by atoms with van der Waals surface area (Å²) in [7, 11) is 0. The molecule has 0 aromatic heterocycles. The summed E-state index contributed by atoms with van der Waals surface area (Å²) in [6.07, 6.45) is 7.00. The SMILES string of the molecule is CCc1ccc2c(c1)[C@@H](NCC[C@H](Cc1ccccc1)NC(=O)C1CNC(=O)N1)CC1(CCC1)O2. The molecule has 1 spiro atoms. The Morgan fingerprint density at radius 3 is 2.69 bits per heavy atom. The molecule has 2 aliphatic heterocycles. The van der Waals surface area contributed by atoms with Crippen LogP contribution in [-0.2, 0) is 17.6 Å². The number of hydrogen-bond acceptors (Lipinski definition) is 4. The zero-order chi connectivity index (χ0) is 24.3. The average molecular weight is 477 g/mol. The maximum Gasteiger partial charge on any atom is 0.315 e. The van der Waals surface area contributed by atoms with E-state index in [9.17, 15) is 9.59 Å². The predicted molar refractivity (Wildman–Crippen MR) is 135 cm³/mol. The maximum atomic E-state index is 12.8. The molecule has 4 N–H and O–H groups in total. The molecule has 7 heteroatoms. The topological polar surface area (TPSA) is 91.5 Å². The first-order chi connectivity index (χ1) is 17.0. The maximum absolute atomic E-state index is 12.8. The highest BCUT2D eigenvalue weighted by Gasteiger charge is 2.45. The van der Waals surface area contributed by atoms with E-state index < -0.39 is 6.04 Å². The van der Waals surface area contributed by atoms with Crippen molar-refractivity contribution < 1.29 is 14.3 Å². The minimum Gasteiger partial charge on any atom is -0.487 e. The molecule has 3 aliphatic rings. The van der Waals surface area contributed by atoms with Gasteiger partial charge in [0.05, 0.1) is 0 Å². The summed E-state index contributed by atoms with van der Waals surface area (Å²) in [5.41, 5.74) is 3.74. The Labute approximate surface area is 207 Å². The molecule has 2 aromatic rings. The van der Waals surface area contributed by atoms with Crippen molar-refractivity contribution in [1.29, 1.82) is 0 Å². The molecule has 7 nitrogen and oxygen atoms in total. The van der Waals surface area contributed by atoms with Gasteiger partial charge in [-0.15, -0.1) is 0 Å². The van der Waals surface area contributed by atoms with E-state index in [-0.39, 0.29) is 29.6 Å². The molecule has 3 atom stereocenters. The second-order valence-corrected chi connectivity index (χ2v) is 10.2. The Balaban J connectivity index is 1.26. The highest BCUT2D eigenvalue weighted by Crippen LogP contribution is 2.49. The molecule has 0 radical (unpaired) electrons. The lowest BCUT2D eigenvalue weighted by atomic mass is 9.72. The molecule has 2 fully saturated rings. The number of carbonyl (C=O) groups is 2. The predicted octanol–water partition coefficient (Wildman–Crippen LogP) is 3.38. The van der Waals surface area contributed by atoms with Crippen molar-refractivity contribution in [3.63, 3.8) is 0 Å². The summed E-state index contributed by atoms with van der Waals surface area (Å²) in [6.45, 7) is 3.28. The van der Waals surface area contributed by atoms with E-state index in [0.29, 0.717) is 6.54 Å². The summed E-state index contributed by atoms with van der Waals surface area (Å²) in [5, 5.41) is 12.3. The van der Waals surface area contributed by atoms with Gasteiger partial charge in [0, 0.05) is 30.6 Å². The number of rotatable bonds is 9. The number of amides is 3. The fraction of sp³-hybridized carbons (Fsp3) is 0.500. The van der Waals surface area contributed by atoms with Crippen molar-refractivity contribution in [3.05, 3.63) is 65.2 Å². The standard InChI is InChI=1S/C28H36N4O3/c1-2-19-9-10-25-22(16-19)23(17-28(35-25)12-6-13-28)29-14-11-21(15-20-7-4-3-5-8-20)31-26(33)24-18-30-27(34)32-24/h3-5,7-10,16,21,23-24,29H,2,6,11-15,17-18H2,1H3,(H,31,33)(H2,30,32,34)/t21-,23+,24?/m1/s1.